The topological polar surface area (TPSA) is 78.2 Å². The summed E-state index contributed by atoms with van der Waals surface area (Å²) in [5.41, 5.74) is 1.50. The van der Waals surface area contributed by atoms with Crippen LogP contribution >= 0.6 is 11.6 Å². The first kappa shape index (κ1) is 15.5. The van der Waals surface area contributed by atoms with Crippen molar-refractivity contribution in [3.63, 3.8) is 0 Å². The second kappa shape index (κ2) is 5.86. The van der Waals surface area contributed by atoms with Crippen molar-refractivity contribution in [2.24, 2.45) is 0 Å². The minimum absolute atomic E-state index is 0.216. The summed E-state index contributed by atoms with van der Waals surface area (Å²) in [6.07, 6.45) is 0. The van der Waals surface area contributed by atoms with E-state index in [0.717, 1.165) is 5.56 Å². The molecular formula is C15H12ClNO3S. The van der Waals surface area contributed by atoms with E-state index in [-0.39, 0.29) is 10.5 Å². The van der Waals surface area contributed by atoms with Gasteiger partial charge in [-0.2, -0.15) is 13.7 Å². The van der Waals surface area contributed by atoms with Crippen LogP contribution in [0.2, 0.25) is 5.02 Å². The van der Waals surface area contributed by atoms with Crippen LogP contribution in [0.15, 0.2) is 47.4 Å². The molecule has 0 aliphatic carbocycles. The Morgan fingerprint density at radius 2 is 1.86 bits per heavy atom. The van der Waals surface area contributed by atoms with Gasteiger partial charge in [0.25, 0.3) is 10.1 Å². The van der Waals surface area contributed by atoms with E-state index >= 15 is 0 Å². The average molecular weight is 322 g/mol. The molecule has 108 valence electrons. The maximum atomic E-state index is 11.5. The Bertz CT molecular complexity index is 825. The first-order valence-electron chi connectivity index (χ1n) is 6.06. The van der Waals surface area contributed by atoms with E-state index < -0.39 is 16.0 Å². The maximum Gasteiger partial charge on any atom is 0.294 e. The zero-order valence-electron chi connectivity index (χ0n) is 11.1. The third-order valence-corrected chi connectivity index (χ3v) is 4.37. The third-order valence-electron chi connectivity index (χ3n) is 3.10. The Hall–Kier alpha value is -1.87. The van der Waals surface area contributed by atoms with Crippen LogP contribution in [0.4, 0.5) is 0 Å². The van der Waals surface area contributed by atoms with E-state index in [9.17, 15) is 18.2 Å². The van der Waals surface area contributed by atoms with Crippen LogP contribution in [0.1, 0.15) is 22.6 Å². The summed E-state index contributed by atoms with van der Waals surface area (Å²) < 4.78 is 32.4. The minimum Gasteiger partial charge on any atom is -0.282 e. The highest BCUT2D eigenvalue weighted by atomic mass is 35.5. The van der Waals surface area contributed by atoms with Gasteiger partial charge in [0, 0.05) is 5.02 Å². The molecule has 2 aromatic rings. The zero-order valence-corrected chi connectivity index (χ0v) is 12.7. The van der Waals surface area contributed by atoms with E-state index in [1.807, 2.05) is 0 Å². The van der Waals surface area contributed by atoms with Gasteiger partial charge in [0.1, 0.15) is 0 Å². The standard InChI is InChI=1S/C15H12ClNO3S/c1-10-6-7-15(21(18,19)20)12(8-10)13(9-17)11-4-2-3-5-14(11)16/h2-8,13H,1H3,(H,18,19,20)/t13-/m1/s1. The lowest BCUT2D eigenvalue weighted by molar-refractivity contribution is 0.482. The number of nitriles is 1. The molecule has 2 aromatic carbocycles. The largest absolute Gasteiger partial charge is 0.294 e. The van der Waals surface area contributed by atoms with Crippen LogP contribution in [-0.4, -0.2) is 13.0 Å². The number of rotatable bonds is 3. The summed E-state index contributed by atoms with van der Waals surface area (Å²) in [7, 11) is -4.42. The van der Waals surface area contributed by atoms with Gasteiger partial charge in [-0.25, -0.2) is 0 Å². The van der Waals surface area contributed by atoms with Gasteiger partial charge in [0.05, 0.1) is 16.9 Å². The van der Waals surface area contributed by atoms with Crippen LogP contribution < -0.4 is 0 Å². The minimum atomic E-state index is -4.42. The molecule has 21 heavy (non-hydrogen) atoms. The molecule has 0 fully saturated rings. The highest BCUT2D eigenvalue weighted by Gasteiger charge is 2.24. The Morgan fingerprint density at radius 1 is 1.19 bits per heavy atom. The first-order valence-corrected chi connectivity index (χ1v) is 7.88. The van der Waals surface area contributed by atoms with Crippen LogP contribution in [0.3, 0.4) is 0 Å². The van der Waals surface area contributed by atoms with Crippen molar-refractivity contribution in [3.8, 4) is 6.07 Å². The number of aryl methyl sites for hydroxylation is 1. The lowest BCUT2D eigenvalue weighted by Gasteiger charge is -2.15. The molecule has 0 spiro atoms. The van der Waals surface area contributed by atoms with E-state index in [4.69, 9.17) is 11.6 Å². The third kappa shape index (κ3) is 3.24. The van der Waals surface area contributed by atoms with Gasteiger partial charge in [-0.1, -0.05) is 47.5 Å². The second-order valence-electron chi connectivity index (χ2n) is 4.60. The van der Waals surface area contributed by atoms with E-state index in [0.29, 0.717) is 10.6 Å². The van der Waals surface area contributed by atoms with E-state index in [1.54, 1.807) is 43.3 Å². The van der Waals surface area contributed by atoms with Crippen molar-refractivity contribution in [3.05, 3.63) is 64.2 Å². The highest BCUT2D eigenvalue weighted by molar-refractivity contribution is 7.85. The van der Waals surface area contributed by atoms with Gasteiger partial charge in [-0.3, -0.25) is 4.55 Å². The van der Waals surface area contributed by atoms with E-state index in [2.05, 4.69) is 6.07 Å². The maximum absolute atomic E-state index is 11.5. The highest BCUT2D eigenvalue weighted by Crippen LogP contribution is 2.33. The Morgan fingerprint density at radius 3 is 2.43 bits per heavy atom. The molecule has 0 radical (unpaired) electrons. The summed E-state index contributed by atoms with van der Waals surface area (Å²) in [5, 5.41) is 9.82. The predicted molar refractivity (Wildman–Crippen MR) is 79.9 cm³/mol. The molecule has 4 nitrogen and oxygen atoms in total. The molecular weight excluding hydrogens is 310 g/mol. The number of halogens is 1. The van der Waals surface area contributed by atoms with Crippen molar-refractivity contribution >= 4 is 21.7 Å². The van der Waals surface area contributed by atoms with E-state index in [1.165, 1.54) is 6.07 Å². The monoisotopic (exact) mass is 321 g/mol. The lowest BCUT2D eigenvalue weighted by atomic mass is 9.91. The van der Waals surface area contributed by atoms with Gasteiger partial charge < -0.3 is 0 Å². The summed E-state index contributed by atoms with van der Waals surface area (Å²) in [6, 6.07) is 13.2. The van der Waals surface area contributed by atoms with Gasteiger partial charge in [-0.05, 0) is 30.2 Å². The molecule has 1 atom stereocenters. The fourth-order valence-electron chi connectivity index (χ4n) is 2.14. The van der Waals surface area contributed by atoms with Crippen molar-refractivity contribution in [1.82, 2.24) is 0 Å². The molecule has 1 N–H and O–H groups in total. The molecule has 0 saturated carbocycles. The molecule has 0 saturated heterocycles. The second-order valence-corrected chi connectivity index (χ2v) is 6.40. The molecule has 0 aliphatic heterocycles. The number of nitrogens with zero attached hydrogens (tertiary/aromatic N) is 1. The van der Waals surface area contributed by atoms with Crippen LogP contribution in [0.25, 0.3) is 0 Å². The van der Waals surface area contributed by atoms with Gasteiger partial charge in [0.2, 0.25) is 0 Å². The summed E-state index contributed by atoms with van der Waals surface area (Å²) in [4.78, 5) is -0.278. The van der Waals surface area contributed by atoms with Gasteiger partial charge in [-0.15, -0.1) is 0 Å². The molecule has 0 aromatic heterocycles. The molecule has 0 unspecified atom stereocenters. The summed E-state index contributed by atoms with van der Waals surface area (Å²) in [5.74, 6) is -0.879. The summed E-state index contributed by atoms with van der Waals surface area (Å²) >= 11 is 6.09. The van der Waals surface area contributed by atoms with Gasteiger partial charge >= 0.3 is 0 Å². The smallest absolute Gasteiger partial charge is 0.282 e. The fraction of sp³-hybridized carbons (Fsp3) is 0.133. The van der Waals surface area contributed by atoms with Crippen LogP contribution in [0.5, 0.6) is 0 Å². The van der Waals surface area contributed by atoms with Gasteiger partial charge in [0.15, 0.2) is 0 Å². The zero-order chi connectivity index (χ0) is 15.6. The SMILES string of the molecule is Cc1ccc(S(=O)(=O)O)c([C@H](C#N)c2ccccc2Cl)c1. The first-order chi connectivity index (χ1) is 9.84. The molecule has 0 aliphatic rings. The molecule has 0 amide bonds. The van der Waals surface area contributed by atoms with Crippen molar-refractivity contribution < 1.29 is 13.0 Å². The number of benzene rings is 2. The number of hydrogen-bond acceptors (Lipinski definition) is 3. The fourth-order valence-corrected chi connectivity index (χ4v) is 3.10. The Balaban J connectivity index is 2.73. The molecule has 0 heterocycles. The molecule has 6 heteroatoms. The molecule has 2 rings (SSSR count). The number of hydrogen-bond donors (Lipinski definition) is 1. The normalized spacial score (nSPS) is 12.7. The Kier molecular flexibility index (Phi) is 4.33. The average Bonchev–Trinajstić information content (AvgIpc) is 2.40. The van der Waals surface area contributed by atoms with Crippen LogP contribution in [0, 0.1) is 18.3 Å². The lowest BCUT2D eigenvalue weighted by Crippen LogP contribution is -2.08. The van der Waals surface area contributed by atoms with Crippen molar-refractivity contribution in [2.75, 3.05) is 0 Å². The van der Waals surface area contributed by atoms with Crippen molar-refractivity contribution in [1.29, 1.82) is 5.26 Å². The van der Waals surface area contributed by atoms with Crippen LogP contribution in [-0.2, 0) is 10.1 Å². The molecule has 0 bridgehead atoms. The summed E-state index contributed by atoms with van der Waals surface area (Å²) in [6.45, 7) is 1.78. The predicted octanol–water partition coefficient (Wildman–Crippen LogP) is 3.55. The van der Waals surface area contributed by atoms with Crippen molar-refractivity contribution in [2.45, 2.75) is 17.7 Å². The quantitative estimate of drug-likeness (QED) is 0.877. The Labute approximate surface area is 128 Å².